The summed E-state index contributed by atoms with van der Waals surface area (Å²) in [5.41, 5.74) is 7.68. The highest BCUT2D eigenvalue weighted by Crippen LogP contribution is 2.25. The number of anilines is 1. The molecule has 0 radical (unpaired) electrons. The summed E-state index contributed by atoms with van der Waals surface area (Å²) in [4.78, 5) is 14.4. The number of hydrogen-bond acceptors (Lipinski definition) is 2. The van der Waals surface area contributed by atoms with Crippen LogP contribution in [0.4, 0.5) is 5.69 Å². The molecule has 0 atom stereocenters. The maximum atomic E-state index is 12.6. The van der Waals surface area contributed by atoms with Crippen LogP contribution in [0.5, 0.6) is 0 Å². The molecule has 0 saturated carbocycles. The zero-order valence-electron chi connectivity index (χ0n) is 11.1. The quantitative estimate of drug-likeness (QED) is 0.749. The van der Waals surface area contributed by atoms with Crippen LogP contribution in [0, 0.1) is 0 Å². The number of nitrogens with zero attached hydrogens (tertiary/aromatic N) is 1. The first-order chi connectivity index (χ1) is 9.90. The van der Waals surface area contributed by atoms with E-state index in [0.29, 0.717) is 10.6 Å². The van der Waals surface area contributed by atoms with Crippen LogP contribution < -0.4 is 10.6 Å². The number of carbonyl (C=O) groups excluding carboxylic acids is 1. The summed E-state index contributed by atoms with van der Waals surface area (Å²) < 4.78 is 1.64. The van der Waals surface area contributed by atoms with Crippen molar-refractivity contribution in [2.75, 3.05) is 11.9 Å². The summed E-state index contributed by atoms with van der Waals surface area (Å²) in [5, 5.41) is 0. The molecule has 0 heterocycles. The number of carbonyl (C=O) groups is 1. The molecule has 1 amide bonds. The third-order valence-electron chi connectivity index (χ3n) is 2.98. The minimum absolute atomic E-state index is 0.116. The third kappa shape index (κ3) is 3.70. The topological polar surface area (TPSA) is 46.3 Å². The highest BCUT2D eigenvalue weighted by atomic mass is 79.9. The molecule has 2 aromatic rings. The van der Waals surface area contributed by atoms with Crippen molar-refractivity contribution in [2.24, 2.45) is 5.73 Å². The minimum atomic E-state index is -0.116. The lowest BCUT2D eigenvalue weighted by Gasteiger charge is -2.19. The Hall–Kier alpha value is -1.24. The first kappa shape index (κ1) is 16.1. The van der Waals surface area contributed by atoms with Gasteiger partial charge in [0.2, 0.25) is 0 Å². The van der Waals surface area contributed by atoms with Crippen molar-refractivity contribution in [3.05, 3.63) is 62.5 Å². The summed E-state index contributed by atoms with van der Waals surface area (Å²) in [6.07, 6.45) is 0. The van der Waals surface area contributed by atoms with Gasteiger partial charge in [0.1, 0.15) is 4.99 Å². The van der Waals surface area contributed by atoms with E-state index in [0.717, 1.165) is 20.2 Å². The molecule has 2 rings (SSSR count). The number of amides is 1. The van der Waals surface area contributed by atoms with Gasteiger partial charge in [0.05, 0.1) is 5.56 Å². The first-order valence-electron chi connectivity index (χ1n) is 6.03. The predicted octanol–water partition coefficient (Wildman–Crippen LogP) is 4.12. The van der Waals surface area contributed by atoms with Gasteiger partial charge in [0.15, 0.2) is 0 Å². The van der Waals surface area contributed by atoms with E-state index in [2.05, 4.69) is 31.9 Å². The summed E-state index contributed by atoms with van der Waals surface area (Å²) >= 11 is 11.7. The summed E-state index contributed by atoms with van der Waals surface area (Å²) in [6, 6.07) is 12.7. The molecular formula is C15H12Br2N2OS. The molecule has 21 heavy (non-hydrogen) atoms. The molecule has 0 fully saturated rings. The van der Waals surface area contributed by atoms with E-state index in [1.165, 1.54) is 0 Å². The van der Waals surface area contributed by atoms with Crippen molar-refractivity contribution >= 4 is 60.7 Å². The fourth-order valence-electron chi connectivity index (χ4n) is 1.83. The standard InChI is InChI=1S/C15H12Br2N2OS/c1-19(11-4-2-3-9(7-11)14(18)21)15(20)12-6-5-10(16)8-13(12)17/h2-8H,1H3,(H2,18,21). The van der Waals surface area contributed by atoms with Crippen LogP contribution in [-0.2, 0) is 0 Å². The Bertz CT molecular complexity index is 719. The Labute approximate surface area is 145 Å². The lowest BCUT2D eigenvalue weighted by Crippen LogP contribution is -2.27. The van der Waals surface area contributed by atoms with Crippen LogP contribution in [-0.4, -0.2) is 17.9 Å². The number of benzene rings is 2. The highest BCUT2D eigenvalue weighted by Gasteiger charge is 2.17. The Morgan fingerprint density at radius 1 is 1.19 bits per heavy atom. The average molecular weight is 428 g/mol. The van der Waals surface area contributed by atoms with E-state index in [1.807, 2.05) is 30.3 Å². The van der Waals surface area contributed by atoms with Gasteiger partial charge in [0, 0.05) is 27.2 Å². The molecule has 6 heteroatoms. The number of thiocarbonyl (C=S) groups is 1. The summed E-state index contributed by atoms with van der Waals surface area (Å²) in [7, 11) is 1.72. The largest absolute Gasteiger partial charge is 0.389 e. The van der Waals surface area contributed by atoms with Crippen molar-refractivity contribution in [2.45, 2.75) is 0 Å². The number of nitrogens with two attached hydrogens (primary N) is 1. The molecule has 0 aromatic heterocycles. The summed E-state index contributed by atoms with van der Waals surface area (Å²) in [5.74, 6) is -0.116. The van der Waals surface area contributed by atoms with Crippen LogP contribution in [0.3, 0.4) is 0 Å². The van der Waals surface area contributed by atoms with Crippen LogP contribution in [0.15, 0.2) is 51.4 Å². The SMILES string of the molecule is CN(C(=O)c1ccc(Br)cc1Br)c1cccc(C(N)=S)c1. The van der Waals surface area contributed by atoms with Gasteiger partial charge in [-0.15, -0.1) is 0 Å². The molecule has 0 unspecified atom stereocenters. The van der Waals surface area contributed by atoms with Crippen LogP contribution in [0.2, 0.25) is 0 Å². The third-order valence-corrected chi connectivity index (χ3v) is 4.37. The van der Waals surface area contributed by atoms with E-state index in [1.54, 1.807) is 24.1 Å². The predicted molar refractivity (Wildman–Crippen MR) is 96.9 cm³/mol. The van der Waals surface area contributed by atoms with Gasteiger partial charge in [0.25, 0.3) is 5.91 Å². The fourth-order valence-corrected chi connectivity index (χ4v) is 3.17. The molecular weight excluding hydrogens is 416 g/mol. The molecule has 0 spiro atoms. The number of rotatable bonds is 3. The average Bonchev–Trinajstić information content (AvgIpc) is 2.46. The molecule has 108 valence electrons. The zero-order chi connectivity index (χ0) is 15.6. The monoisotopic (exact) mass is 426 g/mol. The molecule has 0 aliphatic carbocycles. The lowest BCUT2D eigenvalue weighted by atomic mass is 10.1. The highest BCUT2D eigenvalue weighted by molar-refractivity contribution is 9.11. The minimum Gasteiger partial charge on any atom is -0.389 e. The smallest absolute Gasteiger partial charge is 0.259 e. The second-order valence-corrected chi connectivity index (χ2v) is 6.61. The van der Waals surface area contributed by atoms with Gasteiger partial charge in [-0.1, -0.05) is 40.3 Å². The van der Waals surface area contributed by atoms with Crippen molar-refractivity contribution < 1.29 is 4.79 Å². The molecule has 3 nitrogen and oxygen atoms in total. The van der Waals surface area contributed by atoms with E-state index < -0.39 is 0 Å². The van der Waals surface area contributed by atoms with Gasteiger partial charge in [-0.05, 0) is 46.3 Å². The molecule has 0 saturated heterocycles. The second-order valence-electron chi connectivity index (χ2n) is 4.40. The maximum absolute atomic E-state index is 12.6. The van der Waals surface area contributed by atoms with Gasteiger partial charge in [-0.2, -0.15) is 0 Å². The van der Waals surface area contributed by atoms with Crippen LogP contribution in [0.1, 0.15) is 15.9 Å². The zero-order valence-corrected chi connectivity index (χ0v) is 15.1. The summed E-state index contributed by atoms with van der Waals surface area (Å²) in [6.45, 7) is 0. The number of halogens is 2. The van der Waals surface area contributed by atoms with Crippen molar-refractivity contribution in [3.63, 3.8) is 0 Å². The van der Waals surface area contributed by atoms with E-state index in [9.17, 15) is 4.79 Å². The van der Waals surface area contributed by atoms with Gasteiger partial charge < -0.3 is 10.6 Å². The maximum Gasteiger partial charge on any atom is 0.259 e. The lowest BCUT2D eigenvalue weighted by molar-refractivity contribution is 0.0992. The van der Waals surface area contributed by atoms with Crippen molar-refractivity contribution in [3.8, 4) is 0 Å². The number of hydrogen-bond donors (Lipinski definition) is 1. The molecule has 0 bridgehead atoms. The molecule has 0 aliphatic heterocycles. The normalized spacial score (nSPS) is 10.2. The Kier molecular flexibility index (Phi) is 5.13. The van der Waals surface area contributed by atoms with Crippen LogP contribution in [0.25, 0.3) is 0 Å². The molecule has 2 aromatic carbocycles. The van der Waals surface area contributed by atoms with Crippen molar-refractivity contribution in [1.82, 2.24) is 0 Å². The van der Waals surface area contributed by atoms with E-state index in [4.69, 9.17) is 18.0 Å². The van der Waals surface area contributed by atoms with Crippen LogP contribution >= 0.6 is 44.1 Å². The fraction of sp³-hybridized carbons (Fsp3) is 0.0667. The van der Waals surface area contributed by atoms with Gasteiger partial charge in [-0.3, -0.25) is 4.79 Å². The van der Waals surface area contributed by atoms with Crippen molar-refractivity contribution in [1.29, 1.82) is 0 Å². The van der Waals surface area contributed by atoms with E-state index in [-0.39, 0.29) is 5.91 Å². The molecule has 0 aliphatic rings. The van der Waals surface area contributed by atoms with Gasteiger partial charge in [-0.25, -0.2) is 0 Å². The first-order valence-corrected chi connectivity index (χ1v) is 8.02. The Morgan fingerprint density at radius 2 is 1.90 bits per heavy atom. The second kappa shape index (κ2) is 6.68. The Balaban J connectivity index is 2.35. The van der Waals surface area contributed by atoms with E-state index >= 15 is 0 Å². The van der Waals surface area contributed by atoms with Gasteiger partial charge >= 0.3 is 0 Å². The Morgan fingerprint density at radius 3 is 2.52 bits per heavy atom. The molecule has 2 N–H and O–H groups in total.